The fourth-order valence-electron chi connectivity index (χ4n) is 1.12. The number of amides is 1. The average Bonchev–Trinajstić information content (AvgIpc) is 2.28. The highest BCUT2D eigenvalue weighted by atomic mass is 32.1. The van der Waals surface area contributed by atoms with Crippen molar-refractivity contribution >= 4 is 34.9 Å². The summed E-state index contributed by atoms with van der Waals surface area (Å²) < 4.78 is 4.39. The maximum Gasteiger partial charge on any atom is 0.413 e. The third-order valence-corrected chi connectivity index (χ3v) is 2.13. The van der Waals surface area contributed by atoms with Crippen LogP contribution in [-0.2, 0) is 4.74 Å². The number of thiocarbonyl (C=S) groups is 1. The quantitative estimate of drug-likeness (QED) is 0.622. The second kappa shape index (κ2) is 5.95. The maximum absolute atomic E-state index is 11.2. The molecular weight excluding hydrogens is 240 g/mol. The van der Waals surface area contributed by atoms with Gasteiger partial charge in [-0.1, -0.05) is 12.1 Å². The van der Waals surface area contributed by atoms with Crippen molar-refractivity contribution in [2.45, 2.75) is 6.92 Å². The van der Waals surface area contributed by atoms with E-state index in [2.05, 4.69) is 15.4 Å². The molecule has 6 heteroatoms. The van der Waals surface area contributed by atoms with Crippen LogP contribution in [0.5, 0.6) is 0 Å². The second-order valence-electron chi connectivity index (χ2n) is 3.21. The predicted octanol–water partition coefficient (Wildman–Crippen LogP) is 1.94. The number of carbonyl (C=O) groups excluding carboxylic acids is 2. The Morgan fingerprint density at radius 1 is 1.35 bits per heavy atom. The lowest BCUT2D eigenvalue weighted by molar-refractivity contribution is 0.101. The summed E-state index contributed by atoms with van der Waals surface area (Å²) in [5.74, 6) is -0.0412. The largest absolute Gasteiger partial charge is 0.453 e. The van der Waals surface area contributed by atoms with Crippen molar-refractivity contribution in [1.29, 1.82) is 0 Å². The van der Waals surface area contributed by atoms with Crippen molar-refractivity contribution in [3.05, 3.63) is 29.8 Å². The van der Waals surface area contributed by atoms with Gasteiger partial charge in [-0.3, -0.25) is 10.1 Å². The van der Waals surface area contributed by atoms with Gasteiger partial charge in [-0.15, -0.1) is 0 Å². The minimum absolute atomic E-state index is 0.0412. The van der Waals surface area contributed by atoms with Gasteiger partial charge in [-0.05, 0) is 31.3 Å². The highest BCUT2D eigenvalue weighted by Crippen LogP contribution is 2.10. The molecule has 0 aliphatic rings. The molecule has 90 valence electrons. The van der Waals surface area contributed by atoms with Gasteiger partial charge < -0.3 is 10.1 Å². The van der Waals surface area contributed by atoms with E-state index < -0.39 is 6.09 Å². The Morgan fingerprint density at radius 3 is 2.65 bits per heavy atom. The molecule has 1 aromatic carbocycles. The van der Waals surface area contributed by atoms with Crippen molar-refractivity contribution in [1.82, 2.24) is 5.32 Å². The van der Waals surface area contributed by atoms with Gasteiger partial charge in [0, 0.05) is 11.3 Å². The van der Waals surface area contributed by atoms with E-state index in [0.717, 1.165) is 0 Å². The van der Waals surface area contributed by atoms with E-state index in [0.29, 0.717) is 11.3 Å². The Balaban J connectivity index is 2.68. The molecule has 0 saturated carbocycles. The molecule has 0 radical (unpaired) electrons. The molecule has 0 bridgehead atoms. The van der Waals surface area contributed by atoms with Crippen molar-refractivity contribution in [2.24, 2.45) is 0 Å². The SMILES string of the molecule is COC(=O)NC(=S)Nc1cccc(C(C)=O)c1. The monoisotopic (exact) mass is 252 g/mol. The molecule has 0 atom stereocenters. The van der Waals surface area contributed by atoms with Gasteiger partial charge in [0.25, 0.3) is 0 Å². The molecule has 2 N–H and O–H groups in total. The maximum atomic E-state index is 11.2. The Hall–Kier alpha value is -1.95. The summed E-state index contributed by atoms with van der Waals surface area (Å²) in [6, 6.07) is 6.80. The van der Waals surface area contributed by atoms with Crippen LogP contribution in [0.4, 0.5) is 10.5 Å². The molecule has 0 aromatic heterocycles. The minimum atomic E-state index is -0.648. The Kier molecular flexibility index (Phi) is 4.59. The standard InChI is InChI=1S/C11H12N2O3S/c1-7(14)8-4-3-5-9(6-8)12-10(17)13-11(15)16-2/h3-6H,1-2H3,(H2,12,13,15,17). The molecule has 17 heavy (non-hydrogen) atoms. The summed E-state index contributed by atoms with van der Waals surface area (Å²) in [6.45, 7) is 1.48. The summed E-state index contributed by atoms with van der Waals surface area (Å²) in [4.78, 5) is 22.0. The van der Waals surface area contributed by atoms with E-state index >= 15 is 0 Å². The lowest BCUT2D eigenvalue weighted by atomic mass is 10.1. The topological polar surface area (TPSA) is 67.4 Å². The van der Waals surface area contributed by atoms with Crippen LogP contribution in [0, 0.1) is 0 Å². The number of benzene rings is 1. The van der Waals surface area contributed by atoms with Gasteiger partial charge in [-0.25, -0.2) is 4.79 Å². The third kappa shape index (κ3) is 4.20. The summed E-state index contributed by atoms with van der Waals surface area (Å²) >= 11 is 4.88. The summed E-state index contributed by atoms with van der Waals surface area (Å²) in [7, 11) is 1.24. The van der Waals surface area contributed by atoms with Crippen molar-refractivity contribution in [2.75, 3.05) is 12.4 Å². The average molecular weight is 252 g/mol. The van der Waals surface area contributed by atoms with Gasteiger partial charge >= 0.3 is 6.09 Å². The van der Waals surface area contributed by atoms with Crippen LogP contribution in [-0.4, -0.2) is 24.1 Å². The number of rotatable bonds is 2. The minimum Gasteiger partial charge on any atom is -0.453 e. The van der Waals surface area contributed by atoms with Crippen LogP contribution >= 0.6 is 12.2 Å². The molecule has 0 saturated heterocycles. The summed E-state index contributed by atoms with van der Waals surface area (Å²) in [5, 5.41) is 5.18. The van der Waals surface area contributed by atoms with Crippen LogP contribution in [0.2, 0.25) is 0 Å². The zero-order valence-electron chi connectivity index (χ0n) is 9.44. The number of nitrogens with one attached hydrogen (secondary N) is 2. The van der Waals surface area contributed by atoms with Crippen LogP contribution in [0.15, 0.2) is 24.3 Å². The van der Waals surface area contributed by atoms with E-state index in [1.54, 1.807) is 24.3 Å². The number of anilines is 1. The lowest BCUT2D eigenvalue weighted by Gasteiger charge is -2.09. The first-order valence-electron chi connectivity index (χ1n) is 4.80. The van der Waals surface area contributed by atoms with Gasteiger partial charge in [0.2, 0.25) is 0 Å². The lowest BCUT2D eigenvalue weighted by Crippen LogP contribution is -2.33. The van der Waals surface area contributed by atoms with E-state index in [9.17, 15) is 9.59 Å². The Bertz CT molecular complexity index is 460. The molecule has 0 fully saturated rings. The van der Waals surface area contributed by atoms with E-state index in [4.69, 9.17) is 12.2 Å². The molecule has 1 amide bonds. The van der Waals surface area contributed by atoms with Crippen LogP contribution in [0.25, 0.3) is 0 Å². The van der Waals surface area contributed by atoms with Gasteiger partial charge in [0.15, 0.2) is 10.9 Å². The number of hydrogen-bond acceptors (Lipinski definition) is 4. The molecule has 0 spiro atoms. The molecule has 0 unspecified atom stereocenters. The molecule has 1 rings (SSSR count). The second-order valence-corrected chi connectivity index (χ2v) is 3.62. The van der Waals surface area contributed by atoms with Gasteiger partial charge in [-0.2, -0.15) is 0 Å². The Morgan fingerprint density at radius 2 is 2.06 bits per heavy atom. The van der Waals surface area contributed by atoms with Crippen molar-refractivity contribution in [3.63, 3.8) is 0 Å². The Labute approximate surface area is 104 Å². The van der Waals surface area contributed by atoms with Crippen molar-refractivity contribution in [3.8, 4) is 0 Å². The molecule has 5 nitrogen and oxygen atoms in total. The smallest absolute Gasteiger partial charge is 0.413 e. The van der Waals surface area contributed by atoms with Crippen LogP contribution < -0.4 is 10.6 Å². The molecule has 0 aliphatic carbocycles. The van der Waals surface area contributed by atoms with Crippen molar-refractivity contribution < 1.29 is 14.3 Å². The molecule has 0 heterocycles. The first-order chi connectivity index (χ1) is 8.02. The van der Waals surface area contributed by atoms with E-state index in [-0.39, 0.29) is 10.9 Å². The number of ether oxygens (including phenoxy) is 1. The van der Waals surface area contributed by atoms with Gasteiger partial charge in [0.1, 0.15) is 0 Å². The number of alkyl carbamates (subject to hydrolysis) is 1. The number of ketones is 1. The molecule has 0 aliphatic heterocycles. The van der Waals surface area contributed by atoms with E-state index in [1.807, 2.05) is 0 Å². The first kappa shape index (κ1) is 13.1. The highest BCUT2D eigenvalue weighted by Gasteiger charge is 2.05. The summed E-state index contributed by atoms with van der Waals surface area (Å²) in [5.41, 5.74) is 1.19. The number of methoxy groups -OCH3 is 1. The normalized spacial score (nSPS) is 9.29. The zero-order valence-corrected chi connectivity index (χ0v) is 10.3. The zero-order chi connectivity index (χ0) is 12.8. The number of Topliss-reactive ketones (excluding diaryl/α,β-unsaturated/α-hetero) is 1. The number of carbonyl (C=O) groups is 2. The summed E-state index contributed by atoms with van der Waals surface area (Å²) in [6.07, 6.45) is -0.648. The van der Waals surface area contributed by atoms with Crippen LogP contribution in [0.3, 0.4) is 0 Å². The first-order valence-corrected chi connectivity index (χ1v) is 5.20. The fraction of sp³-hybridized carbons (Fsp3) is 0.182. The van der Waals surface area contributed by atoms with Gasteiger partial charge in [0.05, 0.1) is 7.11 Å². The molecule has 1 aromatic rings. The van der Waals surface area contributed by atoms with Crippen LogP contribution in [0.1, 0.15) is 17.3 Å². The molecular formula is C11H12N2O3S. The highest BCUT2D eigenvalue weighted by molar-refractivity contribution is 7.80. The fourth-order valence-corrected chi connectivity index (χ4v) is 1.32. The third-order valence-electron chi connectivity index (χ3n) is 1.93. The predicted molar refractivity (Wildman–Crippen MR) is 68.2 cm³/mol. The number of hydrogen-bond donors (Lipinski definition) is 2. The van der Waals surface area contributed by atoms with E-state index in [1.165, 1.54) is 14.0 Å².